The molecule has 1 aliphatic rings. The minimum absolute atomic E-state index is 0.0701. The van der Waals surface area contributed by atoms with Crippen molar-refractivity contribution in [2.24, 2.45) is 0 Å². The lowest BCUT2D eigenvalue weighted by Gasteiger charge is -2.17. The summed E-state index contributed by atoms with van der Waals surface area (Å²) >= 11 is 0. The molecule has 0 aromatic heterocycles. The first kappa shape index (κ1) is 19.1. The second-order valence-corrected chi connectivity index (χ2v) is 6.70. The highest BCUT2D eigenvalue weighted by molar-refractivity contribution is 7.87. The number of alkyl halides is 3. The Balaban J connectivity index is 1.87. The summed E-state index contributed by atoms with van der Waals surface area (Å²) in [5.41, 5.74) is -4.57. The zero-order valence-corrected chi connectivity index (χ0v) is 13.5. The molecule has 1 aromatic rings. The minimum Gasteiger partial charge on any atom is -0.374 e. The van der Waals surface area contributed by atoms with Crippen LogP contribution in [0, 0.1) is 0 Å². The summed E-state index contributed by atoms with van der Waals surface area (Å²) in [4.78, 5) is 0. The molecule has 2 unspecified atom stereocenters. The van der Waals surface area contributed by atoms with E-state index >= 15 is 0 Å². The lowest BCUT2D eigenvalue weighted by molar-refractivity contribution is -0.154. The van der Waals surface area contributed by atoms with Crippen LogP contribution in [0.1, 0.15) is 12.0 Å². The summed E-state index contributed by atoms with van der Waals surface area (Å²) < 4.78 is 79.1. The third-order valence-electron chi connectivity index (χ3n) is 3.31. The highest BCUT2D eigenvalue weighted by Crippen LogP contribution is 2.31. The van der Waals surface area contributed by atoms with Gasteiger partial charge in [-0.15, -0.1) is 0 Å². The minimum atomic E-state index is -5.71. The third-order valence-corrected chi connectivity index (χ3v) is 4.37. The topological polar surface area (TPSA) is 71.1 Å². The van der Waals surface area contributed by atoms with Crippen LogP contribution in [0.3, 0.4) is 0 Å². The lowest BCUT2D eigenvalue weighted by atomic mass is 10.2. The van der Waals surface area contributed by atoms with Gasteiger partial charge in [0.05, 0.1) is 19.3 Å². The Labute approximate surface area is 137 Å². The molecule has 0 aliphatic carbocycles. The van der Waals surface area contributed by atoms with Crippen molar-refractivity contribution in [1.82, 2.24) is 0 Å². The Kier molecular flexibility index (Phi) is 6.21. The molecule has 0 bridgehead atoms. The molecule has 6 nitrogen and oxygen atoms in total. The van der Waals surface area contributed by atoms with Gasteiger partial charge in [0.1, 0.15) is 6.10 Å². The second-order valence-electron chi connectivity index (χ2n) is 5.13. The van der Waals surface area contributed by atoms with Crippen LogP contribution in [-0.2, 0) is 35.1 Å². The van der Waals surface area contributed by atoms with Crippen LogP contribution in [0.5, 0.6) is 0 Å². The lowest BCUT2D eigenvalue weighted by Crippen LogP contribution is -2.34. The molecule has 0 N–H and O–H groups in total. The number of hydrogen-bond donors (Lipinski definition) is 0. The number of methoxy groups -OCH3 is 1. The number of halogens is 3. The Morgan fingerprint density at radius 2 is 1.92 bits per heavy atom. The Bertz CT molecular complexity index is 619. The molecule has 2 rings (SSSR count). The molecule has 0 amide bonds. The predicted molar refractivity (Wildman–Crippen MR) is 76.2 cm³/mol. The maximum Gasteiger partial charge on any atom is 0.523 e. The standard InChI is InChI=1S/C14H17F3O6S/c1-20-13-12(23-24(18,19)14(15,16)17)7-11(22-13)9-21-8-10-5-3-2-4-6-10/h2-6,11-13H,7-9H2,1H3/t11-,12?,13?/m1/s1. The summed E-state index contributed by atoms with van der Waals surface area (Å²) in [6, 6.07) is 9.26. The third kappa shape index (κ3) is 4.90. The zero-order valence-electron chi connectivity index (χ0n) is 12.7. The smallest absolute Gasteiger partial charge is 0.374 e. The van der Waals surface area contributed by atoms with Gasteiger partial charge in [-0.2, -0.15) is 21.6 Å². The van der Waals surface area contributed by atoms with Gasteiger partial charge >= 0.3 is 15.6 Å². The van der Waals surface area contributed by atoms with Gasteiger partial charge in [-0.25, -0.2) is 0 Å². The van der Waals surface area contributed by atoms with E-state index in [4.69, 9.17) is 14.2 Å². The quantitative estimate of drug-likeness (QED) is 0.541. The largest absolute Gasteiger partial charge is 0.523 e. The van der Waals surface area contributed by atoms with E-state index in [1.807, 2.05) is 30.3 Å². The van der Waals surface area contributed by atoms with Crippen molar-refractivity contribution >= 4 is 10.1 Å². The second kappa shape index (κ2) is 7.79. The summed E-state index contributed by atoms with van der Waals surface area (Å²) in [5.74, 6) is 0. The van der Waals surface area contributed by atoms with Gasteiger partial charge in [-0.05, 0) is 5.56 Å². The van der Waals surface area contributed by atoms with Crippen molar-refractivity contribution in [3.8, 4) is 0 Å². The van der Waals surface area contributed by atoms with Gasteiger partial charge in [-0.1, -0.05) is 30.3 Å². The first-order valence-corrected chi connectivity index (χ1v) is 8.43. The molecule has 1 heterocycles. The number of hydrogen-bond acceptors (Lipinski definition) is 6. The van der Waals surface area contributed by atoms with Crippen molar-refractivity contribution in [3.05, 3.63) is 35.9 Å². The normalized spacial score (nSPS) is 25.1. The van der Waals surface area contributed by atoms with Crippen LogP contribution < -0.4 is 0 Å². The van der Waals surface area contributed by atoms with E-state index < -0.39 is 34.1 Å². The predicted octanol–water partition coefficient (Wildman–Crippen LogP) is 2.20. The number of ether oxygens (including phenoxy) is 3. The van der Waals surface area contributed by atoms with E-state index in [0.717, 1.165) is 5.56 Å². The number of benzene rings is 1. The van der Waals surface area contributed by atoms with Crippen LogP contribution in [0.15, 0.2) is 30.3 Å². The molecule has 3 atom stereocenters. The summed E-state index contributed by atoms with van der Waals surface area (Å²) in [6.07, 6.45) is -3.32. The fourth-order valence-corrected chi connectivity index (χ4v) is 2.81. The molecule has 24 heavy (non-hydrogen) atoms. The van der Waals surface area contributed by atoms with E-state index in [2.05, 4.69) is 4.18 Å². The average molecular weight is 370 g/mol. The summed E-state index contributed by atoms with van der Waals surface area (Å²) in [5, 5.41) is 0. The van der Waals surface area contributed by atoms with Crippen molar-refractivity contribution in [3.63, 3.8) is 0 Å². The molecule has 1 saturated heterocycles. The van der Waals surface area contributed by atoms with Crippen LogP contribution in [0.25, 0.3) is 0 Å². The molecular formula is C14H17F3O6S. The molecule has 0 saturated carbocycles. The fourth-order valence-electron chi connectivity index (χ4n) is 2.20. The van der Waals surface area contributed by atoms with Gasteiger partial charge in [-0.3, -0.25) is 4.18 Å². The SMILES string of the molecule is COC1O[C@@H](COCc2ccccc2)CC1OS(=O)(=O)C(F)(F)F. The van der Waals surface area contributed by atoms with Gasteiger partial charge in [0, 0.05) is 13.5 Å². The molecule has 1 fully saturated rings. The molecule has 10 heteroatoms. The monoisotopic (exact) mass is 370 g/mol. The van der Waals surface area contributed by atoms with Crippen molar-refractivity contribution in [2.45, 2.75) is 37.0 Å². The molecular weight excluding hydrogens is 353 g/mol. The van der Waals surface area contributed by atoms with Crippen LogP contribution in [-0.4, -0.2) is 46.1 Å². The summed E-state index contributed by atoms with van der Waals surface area (Å²) in [7, 11) is -4.52. The van der Waals surface area contributed by atoms with Crippen molar-refractivity contribution < 1.29 is 40.0 Å². The first-order chi connectivity index (χ1) is 11.2. The van der Waals surface area contributed by atoms with Gasteiger partial charge < -0.3 is 14.2 Å². The highest BCUT2D eigenvalue weighted by atomic mass is 32.2. The summed E-state index contributed by atoms with van der Waals surface area (Å²) in [6.45, 7) is 0.366. The maximum absolute atomic E-state index is 12.4. The van der Waals surface area contributed by atoms with E-state index in [1.54, 1.807) is 0 Å². The average Bonchev–Trinajstić information content (AvgIpc) is 2.88. The van der Waals surface area contributed by atoms with Crippen LogP contribution in [0.2, 0.25) is 0 Å². The fraction of sp³-hybridized carbons (Fsp3) is 0.571. The van der Waals surface area contributed by atoms with Crippen LogP contribution in [0.4, 0.5) is 13.2 Å². The van der Waals surface area contributed by atoms with Crippen molar-refractivity contribution in [1.29, 1.82) is 0 Å². The van der Waals surface area contributed by atoms with E-state index in [1.165, 1.54) is 7.11 Å². The Hall–Kier alpha value is -1.20. The van der Waals surface area contributed by atoms with Gasteiger partial charge in [0.2, 0.25) is 0 Å². The number of rotatable bonds is 7. The van der Waals surface area contributed by atoms with E-state index in [-0.39, 0.29) is 13.0 Å². The van der Waals surface area contributed by atoms with Crippen LogP contribution >= 0.6 is 0 Å². The maximum atomic E-state index is 12.4. The molecule has 0 radical (unpaired) electrons. The molecule has 136 valence electrons. The molecule has 0 spiro atoms. The van der Waals surface area contributed by atoms with Gasteiger partial charge in [0.15, 0.2) is 6.29 Å². The highest BCUT2D eigenvalue weighted by Gasteiger charge is 2.51. The van der Waals surface area contributed by atoms with Crippen molar-refractivity contribution in [2.75, 3.05) is 13.7 Å². The van der Waals surface area contributed by atoms with Gasteiger partial charge in [0.25, 0.3) is 0 Å². The zero-order chi connectivity index (χ0) is 17.8. The van der Waals surface area contributed by atoms with E-state index in [9.17, 15) is 21.6 Å². The Morgan fingerprint density at radius 3 is 2.50 bits per heavy atom. The van der Waals surface area contributed by atoms with E-state index in [0.29, 0.717) is 6.61 Å². The molecule has 1 aromatic carbocycles. The molecule has 1 aliphatic heterocycles. The Morgan fingerprint density at radius 1 is 1.25 bits per heavy atom. The first-order valence-electron chi connectivity index (χ1n) is 7.02.